The number of anilines is 1. The number of thiazole rings is 1. The van der Waals surface area contributed by atoms with Gasteiger partial charge in [0, 0.05) is 24.0 Å². The lowest BCUT2D eigenvalue weighted by Gasteiger charge is -2.17. The molecular formula is C14H16N2OS. The van der Waals surface area contributed by atoms with E-state index in [1.165, 1.54) is 0 Å². The average Bonchev–Trinajstić information content (AvgIpc) is 2.96. The number of benzene rings is 1. The molecule has 1 aromatic heterocycles. The number of hydrogen-bond donors (Lipinski definition) is 1. The highest BCUT2D eigenvalue weighted by Crippen LogP contribution is 2.31. The number of aliphatic hydroxyl groups is 1. The Morgan fingerprint density at radius 1 is 1.33 bits per heavy atom. The van der Waals surface area contributed by atoms with Crippen LogP contribution in [0.5, 0.6) is 0 Å². The molecule has 1 unspecified atom stereocenters. The minimum Gasteiger partial charge on any atom is -0.388 e. The van der Waals surface area contributed by atoms with Gasteiger partial charge >= 0.3 is 0 Å². The molecule has 1 aromatic carbocycles. The fraction of sp³-hybridized carbons (Fsp3) is 0.357. The van der Waals surface area contributed by atoms with Crippen LogP contribution in [0.4, 0.5) is 5.13 Å². The van der Waals surface area contributed by atoms with Gasteiger partial charge in [-0.25, -0.2) is 4.98 Å². The van der Waals surface area contributed by atoms with Gasteiger partial charge in [-0.2, -0.15) is 0 Å². The van der Waals surface area contributed by atoms with E-state index in [0.29, 0.717) is 6.54 Å². The molecule has 0 spiro atoms. The van der Waals surface area contributed by atoms with Crippen LogP contribution < -0.4 is 4.90 Å². The molecule has 0 saturated carbocycles. The molecule has 1 aliphatic heterocycles. The fourth-order valence-electron chi connectivity index (χ4n) is 2.26. The monoisotopic (exact) mass is 260 g/mol. The second kappa shape index (κ2) is 4.37. The lowest BCUT2D eigenvalue weighted by Crippen LogP contribution is -2.29. The van der Waals surface area contributed by atoms with E-state index in [9.17, 15) is 5.11 Å². The molecule has 4 heteroatoms. The Morgan fingerprint density at radius 3 is 2.78 bits per heavy atom. The second-order valence-corrected chi connectivity index (χ2v) is 5.89. The largest absolute Gasteiger partial charge is 0.388 e. The van der Waals surface area contributed by atoms with Crippen LogP contribution in [0, 0.1) is 0 Å². The zero-order chi connectivity index (χ0) is 12.6. The minimum atomic E-state index is -0.571. The van der Waals surface area contributed by atoms with Gasteiger partial charge in [0.15, 0.2) is 5.13 Å². The molecule has 0 aliphatic carbocycles. The highest BCUT2D eigenvalue weighted by Gasteiger charge is 2.32. The summed E-state index contributed by atoms with van der Waals surface area (Å²) in [7, 11) is 0. The van der Waals surface area contributed by atoms with Crippen LogP contribution in [0.1, 0.15) is 13.3 Å². The van der Waals surface area contributed by atoms with Gasteiger partial charge in [0.1, 0.15) is 0 Å². The number of rotatable bonds is 2. The van der Waals surface area contributed by atoms with Crippen LogP contribution in [0.25, 0.3) is 11.3 Å². The van der Waals surface area contributed by atoms with E-state index in [1.807, 2.05) is 25.1 Å². The zero-order valence-electron chi connectivity index (χ0n) is 10.3. The van der Waals surface area contributed by atoms with Gasteiger partial charge in [-0.05, 0) is 13.3 Å². The van der Waals surface area contributed by atoms with Gasteiger partial charge in [-0.3, -0.25) is 0 Å². The Balaban J connectivity index is 1.83. The van der Waals surface area contributed by atoms with Crippen molar-refractivity contribution in [3.63, 3.8) is 0 Å². The van der Waals surface area contributed by atoms with Crippen molar-refractivity contribution >= 4 is 16.5 Å². The SMILES string of the molecule is CC1(O)CCN(c2nc(-c3ccccc3)cs2)C1. The Labute approximate surface area is 111 Å². The first kappa shape index (κ1) is 11.7. The molecule has 3 nitrogen and oxygen atoms in total. The summed E-state index contributed by atoms with van der Waals surface area (Å²) in [5.41, 5.74) is 1.59. The van der Waals surface area contributed by atoms with Gasteiger partial charge in [0.25, 0.3) is 0 Å². The second-order valence-electron chi connectivity index (χ2n) is 5.05. The van der Waals surface area contributed by atoms with E-state index in [0.717, 1.165) is 29.4 Å². The first-order chi connectivity index (χ1) is 8.64. The molecule has 1 saturated heterocycles. The molecule has 0 amide bonds. The van der Waals surface area contributed by atoms with Crippen LogP contribution in [-0.2, 0) is 0 Å². The Hall–Kier alpha value is -1.39. The molecule has 1 fully saturated rings. The first-order valence-electron chi connectivity index (χ1n) is 6.12. The highest BCUT2D eigenvalue weighted by atomic mass is 32.1. The minimum absolute atomic E-state index is 0.571. The van der Waals surface area contributed by atoms with E-state index < -0.39 is 5.60 Å². The average molecular weight is 260 g/mol. The van der Waals surface area contributed by atoms with E-state index >= 15 is 0 Å². The molecule has 1 N–H and O–H groups in total. The summed E-state index contributed by atoms with van der Waals surface area (Å²) in [6, 6.07) is 10.2. The highest BCUT2D eigenvalue weighted by molar-refractivity contribution is 7.14. The van der Waals surface area contributed by atoms with Gasteiger partial charge in [-0.1, -0.05) is 30.3 Å². The van der Waals surface area contributed by atoms with Crippen molar-refractivity contribution in [3.8, 4) is 11.3 Å². The molecule has 1 atom stereocenters. The van der Waals surface area contributed by atoms with Crippen LogP contribution in [0.2, 0.25) is 0 Å². The lowest BCUT2D eigenvalue weighted by atomic mass is 10.1. The maximum absolute atomic E-state index is 9.99. The number of hydrogen-bond acceptors (Lipinski definition) is 4. The van der Waals surface area contributed by atoms with Crippen molar-refractivity contribution in [2.45, 2.75) is 18.9 Å². The maximum Gasteiger partial charge on any atom is 0.185 e. The van der Waals surface area contributed by atoms with Gasteiger partial charge in [-0.15, -0.1) is 11.3 Å². The van der Waals surface area contributed by atoms with E-state index in [2.05, 4.69) is 27.4 Å². The molecular weight excluding hydrogens is 244 g/mol. The summed E-state index contributed by atoms with van der Waals surface area (Å²) >= 11 is 1.65. The van der Waals surface area contributed by atoms with Crippen LogP contribution >= 0.6 is 11.3 Å². The molecule has 3 rings (SSSR count). The standard InChI is InChI=1S/C14H16N2OS/c1-14(17)7-8-16(10-14)13-15-12(9-18-13)11-5-3-2-4-6-11/h2-6,9,17H,7-8,10H2,1H3. The third-order valence-corrected chi connectivity index (χ3v) is 4.19. The predicted octanol–water partition coefficient (Wildman–Crippen LogP) is 2.77. The quantitative estimate of drug-likeness (QED) is 0.902. The molecule has 1 aliphatic rings. The normalized spacial score (nSPS) is 23.6. The number of nitrogens with zero attached hydrogens (tertiary/aromatic N) is 2. The molecule has 94 valence electrons. The smallest absolute Gasteiger partial charge is 0.185 e. The van der Waals surface area contributed by atoms with Crippen molar-refractivity contribution in [3.05, 3.63) is 35.7 Å². The van der Waals surface area contributed by atoms with E-state index in [1.54, 1.807) is 11.3 Å². The van der Waals surface area contributed by atoms with Crippen molar-refractivity contribution in [2.24, 2.45) is 0 Å². The number of β-amino-alcohol motifs (C(OH)–C–C–N with tert-alkyl or cyclic N) is 1. The van der Waals surface area contributed by atoms with Gasteiger partial charge < -0.3 is 10.0 Å². The van der Waals surface area contributed by atoms with Crippen molar-refractivity contribution < 1.29 is 5.11 Å². The molecule has 0 radical (unpaired) electrons. The predicted molar refractivity (Wildman–Crippen MR) is 75.0 cm³/mol. The van der Waals surface area contributed by atoms with Crippen LogP contribution in [0.3, 0.4) is 0 Å². The van der Waals surface area contributed by atoms with E-state index in [4.69, 9.17) is 0 Å². The Kier molecular flexibility index (Phi) is 2.84. The summed E-state index contributed by atoms with van der Waals surface area (Å²) in [6.07, 6.45) is 0.813. The Morgan fingerprint density at radius 2 is 2.11 bits per heavy atom. The zero-order valence-corrected chi connectivity index (χ0v) is 11.2. The molecule has 18 heavy (non-hydrogen) atoms. The van der Waals surface area contributed by atoms with Crippen molar-refractivity contribution in [1.29, 1.82) is 0 Å². The topological polar surface area (TPSA) is 36.4 Å². The fourth-order valence-corrected chi connectivity index (χ4v) is 3.12. The summed E-state index contributed by atoms with van der Waals surface area (Å²) in [4.78, 5) is 6.83. The van der Waals surface area contributed by atoms with Crippen molar-refractivity contribution in [2.75, 3.05) is 18.0 Å². The third kappa shape index (κ3) is 2.26. The van der Waals surface area contributed by atoms with Gasteiger partial charge in [0.2, 0.25) is 0 Å². The summed E-state index contributed by atoms with van der Waals surface area (Å²) in [6.45, 7) is 3.45. The summed E-state index contributed by atoms with van der Waals surface area (Å²) in [5.74, 6) is 0. The van der Waals surface area contributed by atoms with Crippen LogP contribution in [0.15, 0.2) is 35.7 Å². The third-order valence-electron chi connectivity index (χ3n) is 3.28. The summed E-state index contributed by atoms with van der Waals surface area (Å²) in [5, 5.41) is 13.1. The first-order valence-corrected chi connectivity index (χ1v) is 7.00. The molecule has 0 bridgehead atoms. The number of aromatic nitrogens is 1. The Bertz CT molecular complexity index is 536. The van der Waals surface area contributed by atoms with Crippen LogP contribution in [-0.4, -0.2) is 28.8 Å². The molecule has 2 heterocycles. The maximum atomic E-state index is 9.99. The lowest BCUT2D eigenvalue weighted by molar-refractivity contribution is 0.0839. The molecule has 2 aromatic rings. The van der Waals surface area contributed by atoms with Crippen molar-refractivity contribution in [1.82, 2.24) is 4.98 Å². The summed E-state index contributed by atoms with van der Waals surface area (Å²) < 4.78 is 0. The van der Waals surface area contributed by atoms with Gasteiger partial charge in [0.05, 0.1) is 11.3 Å². The van der Waals surface area contributed by atoms with E-state index in [-0.39, 0.29) is 0 Å².